The first-order valence-electron chi connectivity index (χ1n) is 3.49. The molecule has 4 nitrogen and oxygen atoms in total. The fourth-order valence-corrected chi connectivity index (χ4v) is 1.34. The van der Waals surface area contributed by atoms with E-state index in [1.807, 2.05) is 6.07 Å². The number of hydrogen-bond acceptors (Lipinski definition) is 4. The van der Waals surface area contributed by atoms with Crippen LogP contribution in [0.2, 0.25) is 0 Å². The Kier molecular flexibility index (Phi) is 3.29. The number of nitrogens with zero attached hydrogens (tertiary/aromatic N) is 2. The standard InChI is InChI=1S/C8H7N3OS/c9-4-6-1-2-11-8(3-6)13-5-7(10)12/h1-3H,5H2,(H2,10,12). The van der Waals surface area contributed by atoms with Gasteiger partial charge in [-0.05, 0) is 12.1 Å². The number of rotatable bonds is 3. The fraction of sp³-hybridized carbons (Fsp3) is 0.125. The van der Waals surface area contributed by atoms with Gasteiger partial charge in [0.2, 0.25) is 5.91 Å². The van der Waals surface area contributed by atoms with Crippen LogP contribution < -0.4 is 5.73 Å². The van der Waals surface area contributed by atoms with E-state index in [1.54, 1.807) is 12.1 Å². The molecule has 1 amide bonds. The van der Waals surface area contributed by atoms with E-state index >= 15 is 0 Å². The van der Waals surface area contributed by atoms with Gasteiger partial charge in [-0.25, -0.2) is 4.98 Å². The Balaban J connectivity index is 2.68. The van der Waals surface area contributed by atoms with Crippen molar-refractivity contribution < 1.29 is 4.79 Å². The van der Waals surface area contributed by atoms with Crippen molar-refractivity contribution in [2.45, 2.75) is 5.03 Å². The van der Waals surface area contributed by atoms with Gasteiger partial charge in [0, 0.05) is 6.20 Å². The maximum absolute atomic E-state index is 10.4. The Bertz CT molecular complexity index is 359. The Labute approximate surface area is 79.8 Å². The molecule has 0 spiro atoms. The van der Waals surface area contributed by atoms with Gasteiger partial charge in [-0.15, -0.1) is 0 Å². The largest absolute Gasteiger partial charge is 0.369 e. The minimum absolute atomic E-state index is 0.182. The predicted octanol–water partition coefficient (Wildman–Crippen LogP) is 0.531. The van der Waals surface area contributed by atoms with Crippen LogP contribution in [0.25, 0.3) is 0 Å². The van der Waals surface area contributed by atoms with Crippen molar-refractivity contribution in [2.75, 3.05) is 5.75 Å². The zero-order valence-corrected chi connectivity index (χ0v) is 7.54. The van der Waals surface area contributed by atoms with Gasteiger partial charge in [-0.2, -0.15) is 5.26 Å². The molecule has 1 rings (SSSR count). The second-order valence-corrected chi connectivity index (χ2v) is 3.25. The number of nitrogens with two attached hydrogens (primary N) is 1. The van der Waals surface area contributed by atoms with E-state index in [1.165, 1.54) is 18.0 Å². The highest BCUT2D eigenvalue weighted by Crippen LogP contribution is 2.14. The van der Waals surface area contributed by atoms with Crippen LogP contribution >= 0.6 is 11.8 Å². The van der Waals surface area contributed by atoms with Crippen LogP contribution in [-0.2, 0) is 4.79 Å². The Hall–Kier alpha value is -1.54. The van der Waals surface area contributed by atoms with Gasteiger partial charge >= 0.3 is 0 Å². The average Bonchev–Trinajstić information content (AvgIpc) is 2.15. The minimum Gasteiger partial charge on any atom is -0.369 e. The van der Waals surface area contributed by atoms with Crippen molar-refractivity contribution in [2.24, 2.45) is 5.73 Å². The van der Waals surface area contributed by atoms with Gasteiger partial charge < -0.3 is 5.73 Å². The summed E-state index contributed by atoms with van der Waals surface area (Å²) in [4.78, 5) is 14.4. The van der Waals surface area contributed by atoms with Crippen LogP contribution in [0.3, 0.4) is 0 Å². The molecule has 0 atom stereocenters. The number of primary amides is 1. The summed E-state index contributed by atoms with van der Waals surface area (Å²) in [5, 5.41) is 9.20. The molecule has 66 valence electrons. The number of carbonyl (C=O) groups excluding carboxylic acids is 1. The third kappa shape index (κ3) is 3.13. The lowest BCUT2D eigenvalue weighted by atomic mass is 10.3. The number of carbonyl (C=O) groups is 1. The topological polar surface area (TPSA) is 79.8 Å². The highest BCUT2D eigenvalue weighted by atomic mass is 32.2. The number of aromatic nitrogens is 1. The van der Waals surface area contributed by atoms with Crippen molar-refractivity contribution >= 4 is 17.7 Å². The molecular weight excluding hydrogens is 186 g/mol. The first-order valence-corrected chi connectivity index (χ1v) is 4.48. The molecule has 0 aromatic carbocycles. The third-order valence-corrected chi connectivity index (χ3v) is 2.17. The summed E-state index contributed by atoms with van der Waals surface area (Å²) in [6.07, 6.45) is 1.53. The summed E-state index contributed by atoms with van der Waals surface area (Å²) >= 11 is 1.22. The molecule has 2 N–H and O–H groups in total. The first kappa shape index (κ1) is 9.55. The lowest BCUT2D eigenvalue weighted by Crippen LogP contribution is -2.13. The summed E-state index contributed by atoms with van der Waals surface area (Å²) in [6, 6.07) is 5.21. The third-order valence-electron chi connectivity index (χ3n) is 1.23. The van der Waals surface area contributed by atoms with Crippen LogP contribution in [0.4, 0.5) is 0 Å². The molecule has 0 bridgehead atoms. The quantitative estimate of drug-likeness (QED) is 0.710. The molecule has 1 heterocycles. The molecule has 1 aromatic rings. The van der Waals surface area contributed by atoms with Crippen LogP contribution in [0.15, 0.2) is 23.4 Å². The summed E-state index contributed by atoms with van der Waals surface area (Å²) in [5.41, 5.74) is 5.49. The maximum Gasteiger partial charge on any atom is 0.227 e. The van der Waals surface area contributed by atoms with Crippen molar-refractivity contribution in [3.05, 3.63) is 23.9 Å². The molecule has 5 heteroatoms. The number of thioether (sulfide) groups is 1. The molecule has 0 aliphatic heterocycles. The van der Waals surface area contributed by atoms with E-state index in [0.29, 0.717) is 10.6 Å². The van der Waals surface area contributed by atoms with Crippen molar-refractivity contribution in [1.82, 2.24) is 4.98 Å². The molecule has 0 unspecified atom stereocenters. The fourth-order valence-electron chi connectivity index (χ4n) is 0.703. The van der Waals surface area contributed by atoms with Crippen molar-refractivity contribution in [3.63, 3.8) is 0 Å². The van der Waals surface area contributed by atoms with E-state index in [4.69, 9.17) is 11.0 Å². The second-order valence-electron chi connectivity index (χ2n) is 2.25. The van der Waals surface area contributed by atoms with Gasteiger partial charge in [0.05, 0.1) is 22.4 Å². The smallest absolute Gasteiger partial charge is 0.227 e. The Morgan fingerprint density at radius 1 is 1.77 bits per heavy atom. The lowest BCUT2D eigenvalue weighted by molar-refractivity contribution is -0.115. The van der Waals surface area contributed by atoms with Gasteiger partial charge in [-0.1, -0.05) is 11.8 Å². The van der Waals surface area contributed by atoms with Gasteiger partial charge in [0.15, 0.2) is 0 Å². The highest BCUT2D eigenvalue weighted by Gasteiger charge is 1.99. The molecule has 13 heavy (non-hydrogen) atoms. The monoisotopic (exact) mass is 193 g/mol. The van der Waals surface area contributed by atoms with Crippen LogP contribution in [-0.4, -0.2) is 16.6 Å². The molecule has 0 saturated heterocycles. The Morgan fingerprint density at radius 3 is 3.15 bits per heavy atom. The van der Waals surface area contributed by atoms with Crippen molar-refractivity contribution in [1.29, 1.82) is 5.26 Å². The van der Waals surface area contributed by atoms with E-state index < -0.39 is 5.91 Å². The molecule has 0 radical (unpaired) electrons. The van der Waals surface area contributed by atoms with Crippen LogP contribution in [0.1, 0.15) is 5.56 Å². The number of pyridine rings is 1. The number of nitriles is 1. The van der Waals surface area contributed by atoms with Crippen LogP contribution in [0, 0.1) is 11.3 Å². The highest BCUT2D eigenvalue weighted by molar-refractivity contribution is 7.99. The normalized spacial score (nSPS) is 9.15. The molecular formula is C8H7N3OS. The number of amides is 1. The first-order chi connectivity index (χ1) is 6.22. The number of hydrogen-bond donors (Lipinski definition) is 1. The predicted molar refractivity (Wildman–Crippen MR) is 48.9 cm³/mol. The zero-order chi connectivity index (χ0) is 9.68. The van der Waals surface area contributed by atoms with E-state index in [-0.39, 0.29) is 5.75 Å². The maximum atomic E-state index is 10.4. The molecule has 0 aliphatic carbocycles. The molecule has 0 aliphatic rings. The van der Waals surface area contributed by atoms with Crippen LogP contribution in [0.5, 0.6) is 0 Å². The van der Waals surface area contributed by atoms with Gasteiger partial charge in [0.25, 0.3) is 0 Å². The van der Waals surface area contributed by atoms with Gasteiger partial charge in [0.1, 0.15) is 0 Å². The minimum atomic E-state index is -0.394. The second kappa shape index (κ2) is 4.48. The SMILES string of the molecule is N#Cc1ccnc(SCC(N)=O)c1. The van der Waals surface area contributed by atoms with Crippen molar-refractivity contribution in [3.8, 4) is 6.07 Å². The average molecular weight is 193 g/mol. The zero-order valence-electron chi connectivity index (χ0n) is 6.73. The van der Waals surface area contributed by atoms with E-state index in [9.17, 15) is 4.79 Å². The molecule has 1 aromatic heterocycles. The van der Waals surface area contributed by atoms with Gasteiger partial charge in [-0.3, -0.25) is 4.79 Å². The summed E-state index contributed by atoms with van der Waals surface area (Å²) < 4.78 is 0. The summed E-state index contributed by atoms with van der Waals surface area (Å²) in [7, 11) is 0. The van der Waals surface area contributed by atoms with E-state index in [0.717, 1.165) is 0 Å². The summed E-state index contributed by atoms with van der Waals surface area (Å²) in [6.45, 7) is 0. The summed E-state index contributed by atoms with van der Waals surface area (Å²) in [5.74, 6) is -0.212. The molecule has 0 fully saturated rings. The molecule has 0 saturated carbocycles. The Morgan fingerprint density at radius 2 is 2.54 bits per heavy atom. The lowest BCUT2D eigenvalue weighted by Gasteiger charge is -1.96. The van der Waals surface area contributed by atoms with E-state index in [2.05, 4.69) is 4.98 Å².